The fourth-order valence-electron chi connectivity index (χ4n) is 3.55. The maximum absolute atomic E-state index is 12.0. The summed E-state index contributed by atoms with van der Waals surface area (Å²) in [4.78, 5) is 12.0. The van der Waals surface area contributed by atoms with Gasteiger partial charge in [-0.1, -0.05) is 39.5 Å². The van der Waals surface area contributed by atoms with Crippen LogP contribution >= 0.6 is 0 Å². The second-order valence-corrected chi connectivity index (χ2v) is 6.97. The third kappa shape index (κ3) is 3.73. The van der Waals surface area contributed by atoms with E-state index in [0.29, 0.717) is 24.7 Å². The van der Waals surface area contributed by atoms with Crippen molar-refractivity contribution in [3.63, 3.8) is 0 Å². The molecule has 0 bridgehead atoms. The number of ether oxygens (including phenoxy) is 1. The van der Waals surface area contributed by atoms with Crippen LogP contribution in [0.15, 0.2) is 0 Å². The molecule has 2 N–H and O–H groups in total. The number of hydrogen-bond acceptors (Lipinski definition) is 3. The Morgan fingerprint density at radius 2 is 1.85 bits per heavy atom. The van der Waals surface area contributed by atoms with Gasteiger partial charge in [0.2, 0.25) is 5.91 Å². The van der Waals surface area contributed by atoms with Crippen molar-refractivity contribution in [3.8, 4) is 0 Å². The van der Waals surface area contributed by atoms with E-state index in [1.807, 2.05) is 0 Å². The molecule has 0 radical (unpaired) electrons. The molecule has 2 unspecified atom stereocenters. The van der Waals surface area contributed by atoms with E-state index < -0.39 is 0 Å². The highest BCUT2D eigenvalue weighted by Crippen LogP contribution is 2.42. The summed E-state index contributed by atoms with van der Waals surface area (Å²) in [5.41, 5.74) is 0.122. The van der Waals surface area contributed by atoms with Gasteiger partial charge in [0, 0.05) is 24.6 Å². The van der Waals surface area contributed by atoms with Crippen LogP contribution in [-0.2, 0) is 9.53 Å². The molecule has 1 amide bonds. The summed E-state index contributed by atoms with van der Waals surface area (Å²) >= 11 is 0. The van der Waals surface area contributed by atoms with E-state index in [4.69, 9.17) is 4.74 Å². The zero-order chi connectivity index (χ0) is 14.6. The fraction of sp³-hybridized carbons (Fsp3) is 0.938. The first-order chi connectivity index (χ1) is 9.54. The molecule has 4 heteroatoms. The van der Waals surface area contributed by atoms with E-state index in [9.17, 15) is 4.79 Å². The summed E-state index contributed by atoms with van der Waals surface area (Å²) in [6, 6.07) is 0.778. The Morgan fingerprint density at radius 1 is 1.20 bits per heavy atom. The maximum atomic E-state index is 12.0. The van der Waals surface area contributed by atoms with Gasteiger partial charge in [-0.15, -0.1) is 0 Å². The van der Waals surface area contributed by atoms with E-state index in [0.717, 1.165) is 19.3 Å². The molecule has 2 fully saturated rings. The first kappa shape index (κ1) is 15.8. The molecule has 0 aliphatic heterocycles. The predicted octanol–water partition coefficient (Wildman–Crippen LogP) is 2.23. The number of rotatable bonds is 5. The lowest BCUT2D eigenvalue weighted by atomic mass is 9.64. The average Bonchev–Trinajstić information content (AvgIpc) is 2.66. The average molecular weight is 282 g/mol. The number of hydrogen-bond donors (Lipinski definition) is 2. The van der Waals surface area contributed by atoms with Gasteiger partial charge in [0.05, 0.1) is 12.6 Å². The molecule has 2 atom stereocenters. The molecule has 0 aromatic rings. The van der Waals surface area contributed by atoms with Gasteiger partial charge in [0.1, 0.15) is 0 Å². The Morgan fingerprint density at radius 3 is 2.40 bits per heavy atom. The summed E-state index contributed by atoms with van der Waals surface area (Å²) in [6.07, 6.45) is 8.75. The number of amides is 1. The van der Waals surface area contributed by atoms with Crippen LogP contribution in [0.5, 0.6) is 0 Å². The number of carbonyl (C=O) groups excluding carboxylic acids is 1. The topological polar surface area (TPSA) is 50.4 Å². The van der Waals surface area contributed by atoms with Gasteiger partial charge in [0.25, 0.3) is 0 Å². The zero-order valence-corrected chi connectivity index (χ0v) is 13.2. The van der Waals surface area contributed by atoms with Crippen molar-refractivity contribution >= 4 is 5.91 Å². The summed E-state index contributed by atoms with van der Waals surface area (Å²) in [7, 11) is 1.77. The van der Waals surface area contributed by atoms with E-state index in [2.05, 4.69) is 24.5 Å². The minimum absolute atomic E-state index is 0.122. The van der Waals surface area contributed by atoms with Crippen molar-refractivity contribution in [1.29, 1.82) is 0 Å². The summed E-state index contributed by atoms with van der Waals surface area (Å²) in [6.45, 7) is 4.83. The van der Waals surface area contributed by atoms with Crippen LogP contribution in [0.25, 0.3) is 0 Å². The van der Waals surface area contributed by atoms with E-state index in [1.54, 1.807) is 7.11 Å². The second-order valence-electron chi connectivity index (χ2n) is 6.97. The largest absolute Gasteiger partial charge is 0.381 e. The standard InChI is InChI=1S/C16H30N2O2/c1-16(2)13(10-14(16)20-3)17-11-15(19)18-12-8-6-4-5-7-9-12/h12-14,17H,4-11H2,1-3H3,(H,18,19). The minimum Gasteiger partial charge on any atom is -0.381 e. The first-order valence-electron chi connectivity index (χ1n) is 8.09. The van der Waals surface area contributed by atoms with Crippen LogP contribution in [0.1, 0.15) is 58.8 Å². The molecule has 2 rings (SSSR count). The zero-order valence-electron chi connectivity index (χ0n) is 13.2. The fourth-order valence-corrected chi connectivity index (χ4v) is 3.55. The van der Waals surface area contributed by atoms with Gasteiger partial charge in [0.15, 0.2) is 0 Å². The third-order valence-corrected chi connectivity index (χ3v) is 5.19. The highest BCUT2D eigenvalue weighted by molar-refractivity contribution is 5.78. The van der Waals surface area contributed by atoms with Gasteiger partial charge < -0.3 is 15.4 Å². The number of methoxy groups -OCH3 is 1. The molecule has 4 nitrogen and oxygen atoms in total. The SMILES string of the molecule is COC1CC(NCC(=O)NC2CCCCCC2)C1(C)C. The highest BCUT2D eigenvalue weighted by atomic mass is 16.5. The monoisotopic (exact) mass is 282 g/mol. The molecular weight excluding hydrogens is 252 g/mol. The Hall–Kier alpha value is -0.610. The number of carbonyl (C=O) groups is 1. The summed E-state index contributed by atoms with van der Waals surface area (Å²) < 4.78 is 5.43. The lowest BCUT2D eigenvalue weighted by molar-refractivity contribution is -0.124. The molecular formula is C16H30N2O2. The normalized spacial score (nSPS) is 30.4. The van der Waals surface area contributed by atoms with Crippen molar-refractivity contribution in [1.82, 2.24) is 10.6 Å². The van der Waals surface area contributed by atoms with Crippen LogP contribution in [0, 0.1) is 5.41 Å². The maximum Gasteiger partial charge on any atom is 0.234 e. The quantitative estimate of drug-likeness (QED) is 0.760. The van der Waals surface area contributed by atoms with Gasteiger partial charge in [-0.3, -0.25) is 4.79 Å². The lowest BCUT2D eigenvalue weighted by Crippen LogP contribution is -2.61. The minimum atomic E-state index is 0.122. The van der Waals surface area contributed by atoms with E-state index >= 15 is 0 Å². The van der Waals surface area contributed by atoms with Crippen LogP contribution in [0.4, 0.5) is 0 Å². The van der Waals surface area contributed by atoms with E-state index in [1.165, 1.54) is 25.7 Å². The van der Waals surface area contributed by atoms with Crippen molar-refractivity contribution < 1.29 is 9.53 Å². The van der Waals surface area contributed by atoms with Gasteiger partial charge in [-0.05, 0) is 19.3 Å². The molecule has 2 saturated carbocycles. The molecule has 20 heavy (non-hydrogen) atoms. The van der Waals surface area contributed by atoms with Crippen molar-refractivity contribution in [2.75, 3.05) is 13.7 Å². The van der Waals surface area contributed by atoms with Gasteiger partial charge in [-0.25, -0.2) is 0 Å². The molecule has 0 aromatic heterocycles. The van der Waals surface area contributed by atoms with Crippen LogP contribution in [0.3, 0.4) is 0 Å². The Balaban J connectivity index is 1.68. The Labute approximate surface area is 123 Å². The van der Waals surface area contributed by atoms with Crippen molar-refractivity contribution in [2.45, 2.75) is 77.0 Å². The molecule has 0 spiro atoms. The highest BCUT2D eigenvalue weighted by Gasteiger charge is 2.48. The van der Waals surface area contributed by atoms with Crippen molar-refractivity contribution in [3.05, 3.63) is 0 Å². The molecule has 2 aliphatic rings. The molecule has 0 heterocycles. The smallest absolute Gasteiger partial charge is 0.234 e. The molecule has 2 aliphatic carbocycles. The van der Waals surface area contributed by atoms with Crippen LogP contribution < -0.4 is 10.6 Å². The van der Waals surface area contributed by atoms with E-state index in [-0.39, 0.29) is 11.3 Å². The van der Waals surface area contributed by atoms with Crippen molar-refractivity contribution in [2.24, 2.45) is 5.41 Å². The predicted molar refractivity (Wildman–Crippen MR) is 80.6 cm³/mol. The summed E-state index contributed by atoms with van der Waals surface area (Å²) in [5.74, 6) is 0.147. The summed E-state index contributed by atoms with van der Waals surface area (Å²) in [5, 5.41) is 6.57. The second kappa shape index (κ2) is 6.90. The molecule has 0 saturated heterocycles. The first-order valence-corrected chi connectivity index (χ1v) is 8.09. The Bertz CT molecular complexity index is 322. The lowest BCUT2D eigenvalue weighted by Gasteiger charge is -2.51. The molecule has 116 valence electrons. The Kier molecular flexibility index (Phi) is 5.44. The molecule has 0 aromatic carbocycles. The number of nitrogens with one attached hydrogen (secondary N) is 2. The van der Waals surface area contributed by atoms with Crippen LogP contribution in [0.2, 0.25) is 0 Å². The third-order valence-electron chi connectivity index (χ3n) is 5.19. The van der Waals surface area contributed by atoms with Gasteiger partial charge >= 0.3 is 0 Å². The van der Waals surface area contributed by atoms with Crippen LogP contribution in [-0.4, -0.2) is 37.7 Å². The van der Waals surface area contributed by atoms with Gasteiger partial charge in [-0.2, -0.15) is 0 Å².